The van der Waals surface area contributed by atoms with Gasteiger partial charge in [-0.2, -0.15) is 0 Å². The number of benzene rings is 1. The van der Waals surface area contributed by atoms with Gasteiger partial charge in [-0.05, 0) is 29.1 Å². The highest BCUT2D eigenvalue weighted by atomic mass is 127. The quantitative estimate of drug-likeness (QED) is 0.210. The second kappa shape index (κ2) is 12.2. The van der Waals surface area contributed by atoms with Gasteiger partial charge in [0.15, 0.2) is 5.96 Å². The number of thiophene rings is 1. The molecule has 0 saturated heterocycles. The van der Waals surface area contributed by atoms with E-state index in [1.807, 2.05) is 0 Å². The molecule has 1 aromatic carbocycles. The number of nitrogens with one attached hydrogen (secondary N) is 3. The molecule has 0 aliphatic carbocycles. The molecule has 1 heterocycles. The van der Waals surface area contributed by atoms with Crippen LogP contribution in [0.15, 0.2) is 46.8 Å². The fraction of sp³-hybridized carbons (Fsp3) is 0.450. The van der Waals surface area contributed by atoms with E-state index >= 15 is 0 Å². The van der Waals surface area contributed by atoms with Gasteiger partial charge in [0.05, 0.1) is 6.61 Å². The molecule has 0 radical (unpaired) electrons. The fourth-order valence-electron chi connectivity index (χ4n) is 2.50. The Balaban J connectivity index is 0.00000364. The summed E-state index contributed by atoms with van der Waals surface area (Å²) in [6.07, 6.45) is 0. The molecule has 0 aliphatic heterocycles. The van der Waals surface area contributed by atoms with Crippen molar-refractivity contribution in [2.45, 2.75) is 25.8 Å². The van der Waals surface area contributed by atoms with E-state index in [2.05, 4.69) is 76.6 Å². The van der Waals surface area contributed by atoms with Gasteiger partial charge in [-0.15, -0.1) is 35.3 Å². The third-order valence-electron chi connectivity index (χ3n) is 4.16. The highest BCUT2D eigenvalue weighted by molar-refractivity contribution is 14.0. The first-order valence-electron chi connectivity index (χ1n) is 8.85. The number of aliphatic imine (C=N–C) groups is 1. The highest BCUT2D eigenvalue weighted by Crippen LogP contribution is 2.26. The van der Waals surface area contributed by atoms with Crippen molar-refractivity contribution in [1.29, 1.82) is 0 Å². The van der Waals surface area contributed by atoms with E-state index in [1.165, 1.54) is 10.4 Å². The SMILES string of the molecule is CN=C(NCc1ccc(NCCOC)cc1)NCC(C)(C)c1cccs1.I. The third kappa shape index (κ3) is 8.06. The molecule has 150 valence electrons. The van der Waals surface area contributed by atoms with Crippen molar-refractivity contribution in [2.24, 2.45) is 4.99 Å². The number of hydrogen-bond acceptors (Lipinski definition) is 4. The number of anilines is 1. The summed E-state index contributed by atoms with van der Waals surface area (Å²) in [4.78, 5) is 5.70. The Morgan fingerprint density at radius 1 is 1.15 bits per heavy atom. The van der Waals surface area contributed by atoms with E-state index in [9.17, 15) is 0 Å². The molecular weight excluding hydrogens is 471 g/mol. The lowest BCUT2D eigenvalue weighted by Crippen LogP contribution is -2.42. The van der Waals surface area contributed by atoms with Crippen LogP contribution in [-0.2, 0) is 16.7 Å². The zero-order valence-corrected chi connectivity index (χ0v) is 19.7. The topological polar surface area (TPSA) is 57.7 Å². The minimum absolute atomic E-state index is 0. The van der Waals surface area contributed by atoms with Gasteiger partial charge in [0.25, 0.3) is 0 Å². The summed E-state index contributed by atoms with van der Waals surface area (Å²) in [5.41, 5.74) is 2.38. The maximum Gasteiger partial charge on any atom is 0.191 e. The first-order valence-corrected chi connectivity index (χ1v) is 9.73. The number of hydrogen-bond donors (Lipinski definition) is 3. The summed E-state index contributed by atoms with van der Waals surface area (Å²) in [6, 6.07) is 12.7. The third-order valence-corrected chi connectivity index (χ3v) is 5.39. The molecule has 0 saturated carbocycles. The first kappa shape index (κ1) is 23.7. The van der Waals surface area contributed by atoms with Gasteiger partial charge in [0, 0.05) is 49.8 Å². The van der Waals surface area contributed by atoms with Crippen LogP contribution in [-0.4, -0.2) is 39.8 Å². The number of ether oxygens (including phenoxy) is 1. The minimum atomic E-state index is 0. The monoisotopic (exact) mass is 502 g/mol. The van der Waals surface area contributed by atoms with Gasteiger partial charge in [-0.3, -0.25) is 4.99 Å². The summed E-state index contributed by atoms with van der Waals surface area (Å²) in [5, 5.41) is 12.3. The smallest absolute Gasteiger partial charge is 0.191 e. The predicted octanol–water partition coefficient (Wildman–Crippen LogP) is 4.07. The molecule has 0 spiro atoms. The average molecular weight is 502 g/mol. The maximum atomic E-state index is 5.04. The zero-order chi connectivity index (χ0) is 18.8. The first-order chi connectivity index (χ1) is 12.5. The van der Waals surface area contributed by atoms with Crippen molar-refractivity contribution in [3.8, 4) is 0 Å². The standard InChI is InChI=1S/C20H30N4OS.HI/c1-20(2,18-6-5-13-26-18)15-24-19(21-3)23-14-16-7-9-17(10-8-16)22-11-12-25-4;/h5-10,13,22H,11-12,14-15H2,1-4H3,(H2,21,23,24);1H. The summed E-state index contributed by atoms with van der Waals surface area (Å²) in [7, 11) is 3.51. The van der Waals surface area contributed by atoms with Crippen molar-refractivity contribution in [2.75, 3.05) is 39.2 Å². The van der Waals surface area contributed by atoms with E-state index in [1.54, 1.807) is 25.5 Å². The van der Waals surface area contributed by atoms with Crippen molar-refractivity contribution < 1.29 is 4.74 Å². The predicted molar refractivity (Wildman–Crippen MR) is 128 cm³/mol. The van der Waals surface area contributed by atoms with Crippen LogP contribution in [0.4, 0.5) is 5.69 Å². The Morgan fingerprint density at radius 3 is 2.48 bits per heavy atom. The average Bonchev–Trinajstić information content (AvgIpc) is 3.19. The lowest BCUT2D eigenvalue weighted by molar-refractivity contribution is 0.211. The number of guanidine groups is 1. The van der Waals surface area contributed by atoms with Gasteiger partial charge in [-0.25, -0.2) is 0 Å². The van der Waals surface area contributed by atoms with Crippen LogP contribution in [0.5, 0.6) is 0 Å². The molecular formula is C20H31IN4OS. The number of halogens is 1. The van der Waals surface area contributed by atoms with Crippen LogP contribution in [0.2, 0.25) is 0 Å². The van der Waals surface area contributed by atoms with Crippen LogP contribution in [0, 0.1) is 0 Å². The van der Waals surface area contributed by atoms with Gasteiger partial charge in [-0.1, -0.05) is 32.0 Å². The summed E-state index contributed by atoms with van der Waals surface area (Å²) < 4.78 is 5.04. The fourth-order valence-corrected chi connectivity index (χ4v) is 3.35. The lowest BCUT2D eigenvalue weighted by Gasteiger charge is -2.25. The second-order valence-electron chi connectivity index (χ2n) is 6.76. The number of methoxy groups -OCH3 is 1. The molecule has 0 amide bonds. The summed E-state index contributed by atoms with van der Waals surface area (Å²) >= 11 is 1.79. The summed E-state index contributed by atoms with van der Waals surface area (Å²) in [5.74, 6) is 0.817. The molecule has 0 aliphatic rings. The molecule has 1 aromatic heterocycles. The molecule has 2 rings (SSSR count). The molecule has 0 bridgehead atoms. The van der Waals surface area contributed by atoms with E-state index < -0.39 is 0 Å². The molecule has 27 heavy (non-hydrogen) atoms. The van der Waals surface area contributed by atoms with E-state index in [4.69, 9.17) is 4.74 Å². The second-order valence-corrected chi connectivity index (χ2v) is 7.70. The van der Waals surface area contributed by atoms with E-state index in [0.29, 0.717) is 6.61 Å². The molecule has 0 atom stereocenters. The van der Waals surface area contributed by atoms with Crippen LogP contribution in [0.25, 0.3) is 0 Å². The lowest BCUT2D eigenvalue weighted by atomic mass is 9.91. The van der Waals surface area contributed by atoms with Crippen LogP contribution in [0.1, 0.15) is 24.3 Å². The van der Waals surface area contributed by atoms with Crippen molar-refractivity contribution in [3.05, 3.63) is 52.2 Å². The highest BCUT2D eigenvalue weighted by Gasteiger charge is 2.21. The largest absolute Gasteiger partial charge is 0.383 e. The number of rotatable bonds is 9. The van der Waals surface area contributed by atoms with Gasteiger partial charge >= 0.3 is 0 Å². The van der Waals surface area contributed by atoms with E-state index in [-0.39, 0.29) is 29.4 Å². The maximum absolute atomic E-state index is 5.04. The Hall–Kier alpha value is -1.32. The Bertz CT molecular complexity index is 672. The molecule has 0 fully saturated rings. The summed E-state index contributed by atoms with van der Waals surface area (Å²) in [6.45, 7) is 7.56. The van der Waals surface area contributed by atoms with Crippen molar-refractivity contribution in [3.63, 3.8) is 0 Å². The van der Waals surface area contributed by atoms with Crippen LogP contribution >= 0.6 is 35.3 Å². The Kier molecular flexibility index (Phi) is 10.7. The number of nitrogens with zero attached hydrogens (tertiary/aromatic N) is 1. The van der Waals surface area contributed by atoms with Crippen LogP contribution in [0.3, 0.4) is 0 Å². The Labute approximate surface area is 184 Å². The molecule has 7 heteroatoms. The van der Waals surface area contributed by atoms with Crippen LogP contribution < -0.4 is 16.0 Å². The molecule has 0 unspecified atom stereocenters. The van der Waals surface area contributed by atoms with Gasteiger partial charge < -0.3 is 20.7 Å². The Morgan fingerprint density at radius 2 is 1.89 bits per heavy atom. The van der Waals surface area contributed by atoms with Crippen molar-refractivity contribution in [1.82, 2.24) is 10.6 Å². The van der Waals surface area contributed by atoms with Crippen molar-refractivity contribution >= 4 is 47.0 Å². The zero-order valence-electron chi connectivity index (χ0n) is 16.5. The molecule has 2 aromatic rings. The normalized spacial score (nSPS) is 11.6. The van der Waals surface area contributed by atoms with Gasteiger partial charge in [0.2, 0.25) is 0 Å². The molecule has 3 N–H and O–H groups in total. The van der Waals surface area contributed by atoms with E-state index in [0.717, 1.165) is 31.3 Å². The van der Waals surface area contributed by atoms with Gasteiger partial charge in [0.1, 0.15) is 0 Å². The minimum Gasteiger partial charge on any atom is -0.383 e. The molecule has 5 nitrogen and oxygen atoms in total.